The minimum Gasteiger partial charge on any atom is -0.466 e. The average molecular weight is 1290 g/mol. The molecule has 1 fully saturated rings. The summed E-state index contributed by atoms with van der Waals surface area (Å²) in [6, 6.07) is -0.826. The number of esters is 1. The third-order valence-corrected chi connectivity index (χ3v) is 18.7. The lowest BCUT2D eigenvalue weighted by Gasteiger charge is -2.40. The van der Waals surface area contributed by atoms with Crippen molar-refractivity contribution >= 4 is 11.9 Å². The smallest absolute Gasteiger partial charge is 0.305 e. The standard InChI is InChI=1S/C80H149NO10/c1-3-5-7-9-11-13-15-17-43-46-50-54-58-62-66-73(83)72(71-90-80-79(88)78(87)77(86)74(70-82)91-80)81-75(84)67-63-59-55-51-47-44-41-39-37-35-33-31-29-27-25-23-21-19-18-20-22-24-26-28-30-32-34-36-38-40-42-45-49-53-57-61-65-69-89-76(85)68-64-60-56-52-48-16-14-12-10-8-6-4-2/h18,20,24,26,46,50,62,66,72-74,77-80,82-83,86-88H,3-17,19,21-23,25,27-45,47-49,51-61,63-65,67-71H2,1-2H3,(H,81,84)/b20-18-,26-24-,50-46+,66-62+. The maximum Gasteiger partial charge on any atom is 0.305 e. The van der Waals surface area contributed by atoms with Crippen molar-refractivity contribution in [3.8, 4) is 0 Å². The summed E-state index contributed by atoms with van der Waals surface area (Å²) in [5, 5.41) is 54.6. The third-order valence-electron chi connectivity index (χ3n) is 18.7. The fourth-order valence-electron chi connectivity index (χ4n) is 12.5. The minimum atomic E-state index is -1.58. The molecule has 91 heavy (non-hydrogen) atoms. The van der Waals surface area contributed by atoms with Gasteiger partial charge in [0, 0.05) is 12.8 Å². The lowest BCUT2D eigenvalue weighted by molar-refractivity contribution is -0.302. The highest BCUT2D eigenvalue weighted by Gasteiger charge is 2.44. The molecule has 7 atom stereocenters. The molecule has 0 aromatic rings. The van der Waals surface area contributed by atoms with Crippen LogP contribution in [0.15, 0.2) is 48.6 Å². The van der Waals surface area contributed by atoms with E-state index >= 15 is 0 Å². The Balaban J connectivity index is 1.94. The van der Waals surface area contributed by atoms with E-state index in [4.69, 9.17) is 14.2 Å². The largest absolute Gasteiger partial charge is 0.466 e. The van der Waals surface area contributed by atoms with Crippen LogP contribution in [0.5, 0.6) is 0 Å². The molecule has 1 amide bonds. The number of rotatable bonds is 70. The van der Waals surface area contributed by atoms with Crippen LogP contribution in [0.1, 0.15) is 386 Å². The van der Waals surface area contributed by atoms with Gasteiger partial charge in [-0.25, -0.2) is 0 Å². The number of carbonyl (C=O) groups excluding carboxylic acids is 2. The predicted octanol–water partition coefficient (Wildman–Crippen LogP) is 21.1. The van der Waals surface area contributed by atoms with Gasteiger partial charge in [-0.3, -0.25) is 9.59 Å². The number of carbonyl (C=O) groups is 2. The average Bonchev–Trinajstić information content (AvgIpc) is 2.21. The Morgan fingerprint density at radius 2 is 0.747 bits per heavy atom. The summed E-state index contributed by atoms with van der Waals surface area (Å²) in [5.74, 6) is -0.174. The van der Waals surface area contributed by atoms with Gasteiger partial charge < -0.3 is 45.1 Å². The molecule has 0 saturated carbocycles. The second-order valence-electron chi connectivity index (χ2n) is 27.4. The van der Waals surface area contributed by atoms with Crippen molar-refractivity contribution in [2.45, 2.75) is 429 Å². The first-order chi connectivity index (χ1) is 44.7. The number of amides is 1. The molecule has 1 saturated heterocycles. The number of ether oxygens (including phenoxy) is 3. The van der Waals surface area contributed by atoms with E-state index in [0.717, 1.165) is 57.8 Å². The molecule has 0 bridgehead atoms. The molecule has 0 spiro atoms. The van der Waals surface area contributed by atoms with Gasteiger partial charge in [-0.15, -0.1) is 0 Å². The van der Waals surface area contributed by atoms with E-state index in [1.807, 2.05) is 6.08 Å². The summed E-state index contributed by atoms with van der Waals surface area (Å²) < 4.78 is 16.8. The van der Waals surface area contributed by atoms with E-state index in [9.17, 15) is 35.1 Å². The zero-order chi connectivity index (χ0) is 65.8. The molecule has 1 heterocycles. The number of unbranched alkanes of at least 4 members (excludes halogenated alkanes) is 50. The number of allylic oxidation sites excluding steroid dienone is 7. The fraction of sp³-hybridized carbons (Fsp3) is 0.875. The maximum absolute atomic E-state index is 13.1. The first-order valence-corrected chi connectivity index (χ1v) is 39.4. The topological polar surface area (TPSA) is 175 Å². The Morgan fingerprint density at radius 3 is 1.15 bits per heavy atom. The molecule has 1 aliphatic rings. The summed E-state index contributed by atoms with van der Waals surface area (Å²) in [6.45, 7) is 4.37. The summed E-state index contributed by atoms with van der Waals surface area (Å²) in [4.78, 5) is 25.1. The summed E-state index contributed by atoms with van der Waals surface area (Å²) >= 11 is 0. The Kier molecular flexibility index (Phi) is 65.7. The van der Waals surface area contributed by atoms with Crippen molar-refractivity contribution in [2.75, 3.05) is 19.8 Å². The second kappa shape index (κ2) is 69.0. The van der Waals surface area contributed by atoms with E-state index in [1.54, 1.807) is 6.08 Å². The predicted molar refractivity (Wildman–Crippen MR) is 384 cm³/mol. The minimum absolute atomic E-state index is 0.0135. The molecule has 11 nitrogen and oxygen atoms in total. The molecule has 1 aliphatic heterocycles. The Bertz CT molecular complexity index is 1650. The summed E-state index contributed by atoms with van der Waals surface area (Å²) in [7, 11) is 0. The van der Waals surface area contributed by atoms with Gasteiger partial charge in [0.15, 0.2) is 6.29 Å². The molecule has 11 heteroatoms. The van der Waals surface area contributed by atoms with Crippen LogP contribution in [0.4, 0.5) is 0 Å². The summed E-state index contributed by atoms with van der Waals surface area (Å²) in [6.07, 6.45) is 81.4. The quantitative estimate of drug-likeness (QED) is 0.0195. The SMILES string of the molecule is CCCCCCCCCC/C=C/CC/C=C/C(O)C(COC1OC(CO)C(O)C(O)C1O)NC(=O)CCCCCCCCCCCCCCCCCCC/C=C\C/C=C\CCCCCCCCCCCCCCCOC(=O)CCCCCCCCCCCCCC. The van der Waals surface area contributed by atoms with Crippen LogP contribution in [-0.4, -0.2) is 100 Å². The molecular formula is C80H149NO10. The molecule has 534 valence electrons. The molecule has 0 aromatic heterocycles. The van der Waals surface area contributed by atoms with Gasteiger partial charge in [-0.05, 0) is 77.0 Å². The van der Waals surface area contributed by atoms with Crippen molar-refractivity contribution in [1.82, 2.24) is 5.32 Å². The van der Waals surface area contributed by atoms with Gasteiger partial charge in [0.05, 0.1) is 32.0 Å². The van der Waals surface area contributed by atoms with Gasteiger partial charge in [0.25, 0.3) is 0 Å². The van der Waals surface area contributed by atoms with E-state index in [1.165, 1.54) is 302 Å². The lowest BCUT2D eigenvalue weighted by Crippen LogP contribution is -2.60. The van der Waals surface area contributed by atoms with Crippen molar-refractivity contribution in [3.63, 3.8) is 0 Å². The van der Waals surface area contributed by atoms with Crippen LogP contribution in [0.2, 0.25) is 0 Å². The van der Waals surface area contributed by atoms with Crippen molar-refractivity contribution in [1.29, 1.82) is 0 Å². The molecule has 6 N–H and O–H groups in total. The van der Waals surface area contributed by atoms with Gasteiger partial charge in [-0.2, -0.15) is 0 Å². The number of nitrogens with one attached hydrogen (secondary N) is 1. The van der Waals surface area contributed by atoms with Gasteiger partial charge in [-0.1, -0.05) is 345 Å². The van der Waals surface area contributed by atoms with E-state index in [-0.39, 0.29) is 18.5 Å². The number of hydrogen-bond donors (Lipinski definition) is 6. The van der Waals surface area contributed by atoms with Crippen molar-refractivity contribution in [3.05, 3.63) is 48.6 Å². The van der Waals surface area contributed by atoms with Crippen LogP contribution < -0.4 is 5.32 Å². The van der Waals surface area contributed by atoms with Crippen LogP contribution in [0.3, 0.4) is 0 Å². The Morgan fingerprint density at radius 1 is 0.407 bits per heavy atom. The van der Waals surface area contributed by atoms with Crippen LogP contribution in [0.25, 0.3) is 0 Å². The van der Waals surface area contributed by atoms with Crippen LogP contribution in [0, 0.1) is 0 Å². The Labute approximate surface area is 561 Å². The second-order valence-corrected chi connectivity index (χ2v) is 27.4. The highest BCUT2D eigenvalue weighted by molar-refractivity contribution is 5.76. The maximum atomic E-state index is 13.1. The molecule has 0 aliphatic carbocycles. The first-order valence-electron chi connectivity index (χ1n) is 39.4. The number of hydrogen-bond acceptors (Lipinski definition) is 10. The number of aliphatic hydroxyl groups is 5. The Hall–Kier alpha value is -2.38. The van der Waals surface area contributed by atoms with Gasteiger partial charge in [0.1, 0.15) is 24.4 Å². The normalized spacial score (nSPS) is 17.8. The van der Waals surface area contributed by atoms with Crippen LogP contribution in [-0.2, 0) is 23.8 Å². The zero-order valence-corrected chi connectivity index (χ0v) is 59.6. The zero-order valence-electron chi connectivity index (χ0n) is 59.6. The molecule has 0 radical (unpaired) electrons. The fourth-order valence-corrected chi connectivity index (χ4v) is 12.5. The van der Waals surface area contributed by atoms with Crippen LogP contribution >= 0.6 is 0 Å². The van der Waals surface area contributed by atoms with Crippen molar-refractivity contribution < 1.29 is 49.3 Å². The summed E-state index contributed by atoms with van der Waals surface area (Å²) in [5.41, 5.74) is 0. The third kappa shape index (κ3) is 57.6. The highest BCUT2D eigenvalue weighted by Crippen LogP contribution is 2.24. The van der Waals surface area contributed by atoms with E-state index < -0.39 is 49.5 Å². The van der Waals surface area contributed by atoms with E-state index in [2.05, 4.69) is 55.6 Å². The van der Waals surface area contributed by atoms with Crippen molar-refractivity contribution in [2.24, 2.45) is 0 Å². The molecular weight excluding hydrogens is 1130 g/mol. The highest BCUT2D eigenvalue weighted by atomic mass is 16.7. The van der Waals surface area contributed by atoms with Gasteiger partial charge in [0.2, 0.25) is 5.91 Å². The monoisotopic (exact) mass is 1280 g/mol. The lowest BCUT2D eigenvalue weighted by atomic mass is 9.99. The molecule has 7 unspecified atom stereocenters. The van der Waals surface area contributed by atoms with E-state index in [0.29, 0.717) is 19.4 Å². The van der Waals surface area contributed by atoms with Gasteiger partial charge >= 0.3 is 5.97 Å². The number of aliphatic hydroxyl groups excluding tert-OH is 5. The first kappa shape index (κ1) is 86.6. The molecule has 1 rings (SSSR count). The molecule has 0 aromatic carbocycles.